The Hall–Kier alpha value is -1.44. The summed E-state index contributed by atoms with van der Waals surface area (Å²) in [6.45, 7) is 0.496. The van der Waals surface area contributed by atoms with Crippen molar-refractivity contribution in [2.75, 3.05) is 25.7 Å². The van der Waals surface area contributed by atoms with Gasteiger partial charge in [-0.2, -0.15) is 11.8 Å². The summed E-state index contributed by atoms with van der Waals surface area (Å²) in [6, 6.07) is -1.63. The van der Waals surface area contributed by atoms with Crippen molar-refractivity contribution >= 4 is 29.7 Å². The van der Waals surface area contributed by atoms with Crippen molar-refractivity contribution in [2.45, 2.75) is 31.7 Å². The molecular formula is C12H22N2O5S. The lowest BCUT2D eigenvalue weighted by Gasteiger charge is -2.14. The highest BCUT2D eigenvalue weighted by atomic mass is 32.2. The second-order valence-corrected chi connectivity index (χ2v) is 5.09. The van der Waals surface area contributed by atoms with Gasteiger partial charge in [-0.1, -0.05) is 0 Å². The van der Waals surface area contributed by atoms with Gasteiger partial charge in [0.2, 0.25) is 0 Å². The van der Waals surface area contributed by atoms with Crippen LogP contribution in [-0.2, 0) is 14.3 Å². The van der Waals surface area contributed by atoms with Gasteiger partial charge in [-0.25, -0.2) is 9.59 Å². The number of carbonyl (C=O) groups excluding carboxylic acids is 2. The molecule has 0 heterocycles. The van der Waals surface area contributed by atoms with Crippen LogP contribution in [0.15, 0.2) is 0 Å². The Morgan fingerprint density at radius 1 is 1.30 bits per heavy atom. The van der Waals surface area contributed by atoms with Crippen molar-refractivity contribution in [1.29, 1.82) is 0 Å². The fourth-order valence-corrected chi connectivity index (χ4v) is 1.90. The SMILES string of the molecule is COC(=O)CC[C@H](NC(=O)NCCCCSC)C(=O)O. The topological polar surface area (TPSA) is 105 Å². The van der Waals surface area contributed by atoms with E-state index in [1.165, 1.54) is 7.11 Å². The van der Waals surface area contributed by atoms with Gasteiger partial charge in [-0.3, -0.25) is 4.79 Å². The van der Waals surface area contributed by atoms with Gasteiger partial charge in [0.15, 0.2) is 0 Å². The highest BCUT2D eigenvalue weighted by Gasteiger charge is 2.20. The molecule has 0 fully saturated rings. The summed E-state index contributed by atoms with van der Waals surface area (Å²) < 4.78 is 4.43. The van der Waals surface area contributed by atoms with Crippen LogP contribution in [0.25, 0.3) is 0 Å². The Morgan fingerprint density at radius 2 is 2.00 bits per heavy atom. The number of rotatable bonds is 10. The van der Waals surface area contributed by atoms with Crippen LogP contribution in [0.3, 0.4) is 0 Å². The number of amides is 2. The fraction of sp³-hybridized carbons (Fsp3) is 0.750. The first-order valence-electron chi connectivity index (χ1n) is 6.34. The average Bonchev–Trinajstić information content (AvgIpc) is 2.42. The molecule has 1 atom stereocenters. The minimum absolute atomic E-state index is 0.00189. The van der Waals surface area contributed by atoms with Gasteiger partial charge in [0.1, 0.15) is 6.04 Å². The summed E-state index contributed by atoms with van der Waals surface area (Å²) in [5, 5.41) is 13.9. The van der Waals surface area contributed by atoms with Crippen molar-refractivity contribution in [1.82, 2.24) is 10.6 Å². The lowest BCUT2D eigenvalue weighted by Crippen LogP contribution is -2.46. The Labute approximate surface area is 122 Å². The van der Waals surface area contributed by atoms with Crippen LogP contribution in [0.2, 0.25) is 0 Å². The zero-order valence-corrected chi connectivity index (χ0v) is 12.6. The van der Waals surface area contributed by atoms with Gasteiger partial charge < -0.3 is 20.5 Å². The van der Waals surface area contributed by atoms with Crippen LogP contribution < -0.4 is 10.6 Å². The number of carbonyl (C=O) groups is 3. The van der Waals surface area contributed by atoms with E-state index in [4.69, 9.17) is 5.11 Å². The van der Waals surface area contributed by atoms with Gasteiger partial charge in [-0.15, -0.1) is 0 Å². The number of unbranched alkanes of at least 4 members (excludes halogenated alkanes) is 1. The molecule has 0 aromatic heterocycles. The third kappa shape index (κ3) is 9.48. The lowest BCUT2D eigenvalue weighted by atomic mass is 10.1. The van der Waals surface area contributed by atoms with E-state index in [1.807, 2.05) is 6.26 Å². The summed E-state index contributed by atoms with van der Waals surface area (Å²) >= 11 is 1.74. The summed E-state index contributed by atoms with van der Waals surface area (Å²) in [5.41, 5.74) is 0. The molecule has 0 aromatic rings. The minimum Gasteiger partial charge on any atom is -0.480 e. The van der Waals surface area contributed by atoms with Crippen LogP contribution in [0.5, 0.6) is 0 Å². The van der Waals surface area contributed by atoms with E-state index >= 15 is 0 Å². The first-order chi connectivity index (χ1) is 9.51. The number of nitrogens with one attached hydrogen (secondary N) is 2. The number of thioether (sulfide) groups is 1. The standard InChI is InChI=1S/C12H22N2O5S/c1-19-10(15)6-5-9(11(16)17)14-12(18)13-7-3-4-8-20-2/h9H,3-8H2,1-2H3,(H,16,17)(H2,13,14,18)/t9-/m0/s1. The Bertz CT molecular complexity index is 325. The maximum atomic E-state index is 11.5. The Morgan fingerprint density at radius 3 is 2.55 bits per heavy atom. The highest BCUT2D eigenvalue weighted by Crippen LogP contribution is 2.00. The van der Waals surface area contributed by atoms with Gasteiger partial charge in [0.25, 0.3) is 0 Å². The number of methoxy groups -OCH3 is 1. The molecule has 8 heteroatoms. The molecule has 0 radical (unpaired) electrons. The molecule has 0 aliphatic carbocycles. The highest BCUT2D eigenvalue weighted by molar-refractivity contribution is 7.98. The number of urea groups is 1. The summed E-state index contributed by atoms with van der Waals surface area (Å²) in [4.78, 5) is 33.4. The third-order valence-corrected chi connectivity index (χ3v) is 3.23. The molecule has 0 bridgehead atoms. The van der Waals surface area contributed by atoms with E-state index in [1.54, 1.807) is 11.8 Å². The van der Waals surface area contributed by atoms with E-state index < -0.39 is 24.0 Å². The van der Waals surface area contributed by atoms with Gasteiger partial charge in [-0.05, 0) is 31.3 Å². The molecule has 0 aliphatic heterocycles. The van der Waals surface area contributed by atoms with Crippen LogP contribution in [0.1, 0.15) is 25.7 Å². The number of hydrogen-bond acceptors (Lipinski definition) is 5. The molecule has 0 rings (SSSR count). The van der Waals surface area contributed by atoms with Crippen molar-refractivity contribution in [2.24, 2.45) is 0 Å². The quantitative estimate of drug-likeness (QED) is 0.408. The Kier molecular flexibility index (Phi) is 10.6. The minimum atomic E-state index is -1.17. The Balaban J connectivity index is 3.96. The van der Waals surface area contributed by atoms with Crippen LogP contribution >= 0.6 is 11.8 Å². The summed E-state index contributed by atoms with van der Waals surface area (Å²) in [7, 11) is 1.23. The second kappa shape index (κ2) is 11.4. The maximum Gasteiger partial charge on any atom is 0.326 e. The van der Waals surface area contributed by atoms with Crippen molar-refractivity contribution in [3.8, 4) is 0 Å². The predicted molar refractivity (Wildman–Crippen MR) is 76.8 cm³/mol. The van der Waals surface area contributed by atoms with Crippen molar-refractivity contribution in [3.63, 3.8) is 0 Å². The number of esters is 1. The monoisotopic (exact) mass is 306 g/mol. The first-order valence-corrected chi connectivity index (χ1v) is 7.73. The smallest absolute Gasteiger partial charge is 0.326 e. The van der Waals surface area contributed by atoms with E-state index in [0.717, 1.165) is 18.6 Å². The van der Waals surface area contributed by atoms with E-state index in [-0.39, 0.29) is 12.8 Å². The van der Waals surface area contributed by atoms with Crippen molar-refractivity contribution < 1.29 is 24.2 Å². The molecule has 0 spiro atoms. The van der Waals surface area contributed by atoms with Crippen LogP contribution in [0.4, 0.5) is 4.79 Å². The number of carboxylic acid groups (broad SMARTS) is 1. The van der Waals surface area contributed by atoms with E-state index in [0.29, 0.717) is 6.54 Å². The molecule has 2 amide bonds. The van der Waals surface area contributed by atoms with Gasteiger partial charge >= 0.3 is 18.0 Å². The molecule has 0 saturated carbocycles. The van der Waals surface area contributed by atoms with Crippen LogP contribution in [0, 0.1) is 0 Å². The summed E-state index contributed by atoms with van der Waals surface area (Å²) in [5.74, 6) is -0.651. The maximum absolute atomic E-state index is 11.5. The van der Waals surface area contributed by atoms with Crippen LogP contribution in [-0.4, -0.2) is 54.8 Å². The molecule has 20 heavy (non-hydrogen) atoms. The second-order valence-electron chi connectivity index (χ2n) is 4.11. The number of carboxylic acids is 1. The van der Waals surface area contributed by atoms with Crippen molar-refractivity contribution in [3.05, 3.63) is 0 Å². The predicted octanol–water partition coefficient (Wildman–Crippen LogP) is 0.835. The molecule has 7 nitrogen and oxygen atoms in total. The normalized spacial score (nSPS) is 11.5. The molecule has 116 valence electrons. The lowest BCUT2D eigenvalue weighted by molar-refractivity contribution is -0.142. The first kappa shape index (κ1) is 18.6. The third-order valence-electron chi connectivity index (χ3n) is 2.53. The largest absolute Gasteiger partial charge is 0.480 e. The van der Waals surface area contributed by atoms with Gasteiger partial charge in [0, 0.05) is 13.0 Å². The molecule has 0 saturated heterocycles. The number of hydrogen-bond donors (Lipinski definition) is 3. The molecule has 0 unspecified atom stereocenters. The zero-order chi connectivity index (χ0) is 15.4. The zero-order valence-electron chi connectivity index (χ0n) is 11.8. The number of ether oxygens (including phenoxy) is 1. The summed E-state index contributed by atoms with van der Waals surface area (Å²) in [6.07, 6.45) is 3.79. The number of aliphatic carboxylic acids is 1. The van der Waals surface area contributed by atoms with E-state index in [2.05, 4.69) is 15.4 Å². The fourth-order valence-electron chi connectivity index (χ4n) is 1.40. The molecule has 0 aliphatic rings. The molecule has 3 N–H and O–H groups in total. The molecule has 0 aromatic carbocycles. The molecular weight excluding hydrogens is 284 g/mol. The average molecular weight is 306 g/mol. The van der Waals surface area contributed by atoms with E-state index in [9.17, 15) is 14.4 Å². The van der Waals surface area contributed by atoms with Gasteiger partial charge in [0.05, 0.1) is 7.11 Å².